The van der Waals surface area contributed by atoms with Gasteiger partial charge in [0.25, 0.3) is 0 Å². The van der Waals surface area contributed by atoms with E-state index in [9.17, 15) is 4.79 Å². The van der Waals surface area contributed by atoms with Crippen LogP contribution >= 0.6 is 27.3 Å². The van der Waals surface area contributed by atoms with Crippen LogP contribution in [0.4, 0.5) is 0 Å². The third kappa shape index (κ3) is 2.51. The summed E-state index contributed by atoms with van der Waals surface area (Å²) in [6, 6.07) is 15.8. The van der Waals surface area contributed by atoms with E-state index in [2.05, 4.69) is 20.9 Å². The molecule has 0 aliphatic heterocycles. The van der Waals surface area contributed by atoms with Crippen molar-refractivity contribution in [3.05, 3.63) is 64.1 Å². The number of benzene rings is 2. The molecule has 2 aromatic heterocycles. The highest BCUT2D eigenvalue weighted by atomic mass is 79.9. The summed E-state index contributed by atoms with van der Waals surface area (Å²) < 4.78 is 2.62. The minimum atomic E-state index is -1.04. The molecule has 2 heterocycles. The summed E-state index contributed by atoms with van der Waals surface area (Å²) >= 11 is 4.73. The number of fused-ring (bicyclic) bond motifs is 1. The van der Waals surface area contributed by atoms with Crippen LogP contribution in [0.5, 0.6) is 0 Å². The number of thiazole rings is 1. The summed E-state index contributed by atoms with van der Waals surface area (Å²) in [6.07, 6.45) is 0. The molecule has 2 aromatic carbocycles. The number of halogens is 1. The first-order chi connectivity index (χ1) is 11.6. The first-order valence-corrected chi connectivity index (χ1v) is 8.73. The molecule has 0 saturated carbocycles. The summed E-state index contributed by atoms with van der Waals surface area (Å²) in [4.78, 5) is 15.3. The van der Waals surface area contributed by atoms with Crippen LogP contribution in [0.3, 0.4) is 0 Å². The SMILES string of the molecule is O=C(O)c1csc(-n2nc(-c3ccccc3)c3ccc(Br)cc32)n1. The van der Waals surface area contributed by atoms with Gasteiger partial charge < -0.3 is 5.11 Å². The Balaban J connectivity index is 1.98. The molecular formula is C17H10BrN3O2S. The van der Waals surface area contributed by atoms with Crippen LogP contribution in [0.25, 0.3) is 27.3 Å². The summed E-state index contributed by atoms with van der Waals surface area (Å²) in [7, 11) is 0. The lowest BCUT2D eigenvalue weighted by molar-refractivity contribution is 0.0691. The quantitative estimate of drug-likeness (QED) is 0.546. The maximum atomic E-state index is 11.1. The fraction of sp³-hybridized carbons (Fsp3) is 0. The molecule has 1 N–H and O–H groups in total. The Morgan fingerprint density at radius 3 is 2.67 bits per heavy atom. The van der Waals surface area contributed by atoms with Crippen LogP contribution in [0, 0.1) is 0 Å². The zero-order valence-electron chi connectivity index (χ0n) is 12.2. The van der Waals surface area contributed by atoms with E-state index in [0.717, 1.165) is 26.6 Å². The van der Waals surface area contributed by atoms with Gasteiger partial charge in [-0.2, -0.15) is 5.10 Å². The molecule has 0 aliphatic carbocycles. The van der Waals surface area contributed by atoms with Gasteiger partial charge in [-0.15, -0.1) is 11.3 Å². The summed E-state index contributed by atoms with van der Waals surface area (Å²) in [5.74, 6) is -1.04. The van der Waals surface area contributed by atoms with E-state index in [0.29, 0.717) is 5.13 Å². The fourth-order valence-corrected chi connectivity index (χ4v) is 3.61. The van der Waals surface area contributed by atoms with Gasteiger partial charge in [0, 0.05) is 20.8 Å². The Kier molecular flexibility index (Phi) is 3.66. The van der Waals surface area contributed by atoms with Gasteiger partial charge in [0.2, 0.25) is 5.13 Å². The van der Waals surface area contributed by atoms with Crippen LogP contribution in [-0.4, -0.2) is 25.8 Å². The van der Waals surface area contributed by atoms with Crippen molar-refractivity contribution in [2.75, 3.05) is 0 Å². The molecular weight excluding hydrogens is 390 g/mol. The molecule has 118 valence electrons. The van der Waals surface area contributed by atoms with Gasteiger partial charge in [-0.05, 0) is 18.2 Å². The minimum Gasteiger partial charge on any atom is -0.476 e. The second-order valence-corrected chi connectivity index (χ2v) is 6.86. The monoisotopic (exact) mass is 399 g/mol. The number of aromatic nitrogens is 3. The van der Waals surface area contributed by atoms with Crippen molar-refractivity contribution in [2.45, 2.75) is 0 Å². The lowest BCUT2D eigenvalue weighted by Gasteiger charge is -1.98. The van der Waals surface area contributed by atoms with E-state index in [-0.39, 0.29) is 5.69 Å². The topological polar surface area (TPSA) is 68.0 Å². The van der Waals surface area contributed by atoms with Crippen molar-refractivity contribution >= 4 is 44.1 Å². The maximum absolute atomic E-state index is 11.1. The molecule has 0 spiro atoms. The van der Waals surface area contributed by atoms with Crippen molar-refractivity contribution in [1.82, 2.24) is 14.8 Å². The summed E-state index contributed by atoms with van der Waals surface area (Å²) in [5, 5.41) is 16.8. The van der Waals surface area contributed by atoms with Gasteiger partial charge in [-0.1, -0.05) is 46.3 Å². The lowest BCUT2D eigenvalue weighted by Crippen LogP contribution is -2.00. The highest BCUT2D eigenvalue weighted by Crippen LogP contribution is 2.32. The Labute approximate surface area is 149 Å². The fourth-order valence-electron chi connectivity index (χ4n) is 2.50. The number of carboxylic acid groups (broad SMARTS) is 1. The molecule has 7 heteroatoms. The average Bonchev–Trinajstić information content (AvgIpc) is 3.20. The van der Waals surface area contributed by atoms with Crippen LogP contribution in [-0.2, 0) is 0 Å². The van der Waals surface area contributed by atoms with Crippen molar-refractivity contribution in [2.24, 2.45) is 0 Å². The zero-order valence-corrected chi connectivity index (χ0v) is 14.6. The molecule has 24 heavy (non-hydrogen) atoms. The second kappa shape index (κ2) is 5.85. The van der Waals surface area contributed by atoms with Gasteiger partial charge in [-0.25, -0.2) is 14.5 Å². The van der Waals surface area contributed by atoms with E-state index in [4.69, 9.17) is 10.2 Å². The van der Waals surface area contributed by atoms with Gasteiger partial charge in [-0.3, -0.25) is 0 Å². The van der Waals surface area contributed by atoms with Crippen molar-refractivity contribution in [1.29, 1.82) is 0 Å². The number of carboxylic acids is 1. The number of rotatable bonds is 3. The standard InChI is InChI=1S/C17H10BrN3O2S/c18-11-6-7-12-14(8-11)21(17-19-13(9-24-17)16(22)23)20-15(12)10-4-2-1-3-5-10/h1-9H,(H,22,23). The predicted molar refractivity (Wildman–Crippen MR) is 96.8 cm³/mol. The Hall–Kier alpha value is -2.51. The summed E-state index contributed by atoms with van der Waals surface area (Å²) in [5.41, 5.74) is 2.73. The Morgan fingerprint density at radius 1 is 1.17 bits per heavy atom. The molecule has 0 unspecified atom stereocenters. The van der Waals surface area contributed by atoms with E-state index in [1.54, 1.807) is 4.68 Å². The smallest absolute Gasteiger partial charge is 0.355 e. The van der Waals surface area contributed by atoms with Crippen LogP contribution < -0.4 is 0 Å². The summed E-state index contributed by atoms with van der Waals surface area (Å²) in [6.45, 7) is 0. The lowest BCUT2D eigenvalue weighted by atomic mass is 10.1. The predicted octanol–water partition coefficient (Wildman–Crippen LogP) is 4.61. The van der Waals surface area contributed by atoms with Crippen molar-refractivity contribution in [3.63, 3.8) is 0 Å². The molecule has 4 rings (SSSR count). The molecule has 0 aliphatic rings. The first-order valence-electron chi connectivity index (χ1n) is 7.06. The third-order valence-electron chi connectivity index (χ3n) is 3.58. The third-order valence-corrected chi connectivity index (χ3v) is 4.89. The van der Waals surface area contributed by atoms with Crippen molar-refractivity contribution < 1.29 is 9.90 Å². The second-order valence-electron chi connectivity index (χ2n) is 5.11. The Bertz CT molecular complexity index is 1060. The number of hydrogen-bond donors (Lipinski definition) is 1. The molecule has 0 radical (unpaired) electrons. The minimum absolute atomic E-state index is 0.0231. The Morgan fingerprint density at radius 2 is 1.96 bits per heavy atom. The van der Waals surface area contributed by atoms with Gasteiger partial charge in [0.05, 0.1) is 5.52 Å². The van der Waals surface area contributed by atoms with E-state index < -0.39 is 5.97 Å². The molecule has 0 saturated heterocycles. The van der Waals surface area contributed by atoms with Crippen molar-refractivity contribution in [3.8, 4) is 16.4 Å². The number of hydrogen-bond acceptors (Lipinski definition) is 4. The first kappa shape index (κ1) is 15.0. The maximum Gasteiger partial charge on any atom is 0.355 e. The largest absolute Gasteiger partial charge is 0.476 e. The zero-order chi connectivity index (χ0) is 16.7. The average molecular weight is 400 g/mol. The van der Waals surface area contributed by atoms with Gasteiger partial charge in [0.15, 0.2) is 5.69 Å². The van der Waals surface area contributed by atoms with Crippen LogP contribution in [0.15, 0.2) is 58.4 Å². The number of nitrogens with zero attached hydrogens (tertiary/aromatic N) is 3. The normalized spacial score (nSPS) is 11.0. The number of aromatic carboxylic acids is 1. The molecule has 0 fully saturated rings. The molecule has 4 aromatic rings. The molecule has 0 bridgehead atoms. The highest BCUT2D eigenvalue weighted by Gasteiger charge is 2.17. The molecule has 0 atom stereocenters. The van der Waals surface area contributed by atoms with Gasteiger partial charge >= 0.3 is 5.97 Å². The van der Waals surface area contributed by atoms with Crippen LogP contribution in [0.2, 0.25) is 0 Å². The van der Waals surface area contributed by atoms with E-state index in [1.807, 2.05) is 48.5 Å². The van der Waals surface area contributed by atoms with Crippen LogP contribution in [0.1, 0.15) is 10.5 Å². The van der Waals surface area contributed by atoms with E-state index >= 15 is 0 Å². The molecule has 0 amide bonds. The van der Waals surface area contributed by atoms with E-state index in [1.165, 1.54) is 16.7 Å². The highest BCUT2D eigenvalue weighted by molar-refractivity contribution is 9.10. The number of carbonyl (C=O) groups is 1. The van der Waals surface area contributed by atoms with Gasteiger partial charge in [0.1, 0.15) is 5.69 Å². The molecule has 5 nitrogen and oxygen atoms in total.